The summed E-state index contributed by atoms with van der Waals surface area (Å²) in [5, 5.41) is 6.31. The van der Waals surface area contributed by atoms with E-state index in [-0.39, 0.29) is 5.91 Å². The van der Waals surface area contributed by atoms with Gasteiger partial charge in [0.25, 0.3) is 5.91 Å². The second kappa shape index (κ2) is 6.46. The van der Waals surface area contributed by atoms with Gasteiger partial charge in [0.2, 0.25) is 0 Å². The van der Waals surface area contributed by atoms with Crippen molar-refractivity contribution in [2.24, 2.45) is 0 Å². The number of rotatable bonds is 4. The molecule has 0 bridgehead atoms. The van der Waals surface area contributed by atoms with E-state index in [0.717, 1.165) is 39.9 Å². The fourth-order valence-electron chi connectivity index (χ4n) is 2.69. The lowest BCUT2D eigenvalue weighted by Crippen LogP contribution is -2.10. The number of carbonyl (C=O) groups excluding carboxylic acids is 1. The molecule has 1 amide bonds. The lowest BCUT2D eigenvalue weighted by atomic mass is 10.0. The van der Waals surface area contributed by atoms with Crippen LogP contribution in [0.25, 0.3) is 5.57 Å². The van der Waals surface area contributed by atoms with Crippen molar-refractivity contribution in [1.29, 1.82) is 0 Å². The summed E-state index contributed by atoms with van der Waals surface area (Å²) in [5.74, 6) is -0.0846. The first-order valence-electron chi connectivity index (χ1n) is 7.55. The number of amides is 1. The van der Waals surface area contributed by atoms with E-state index >= 15 is 0 Å². The number of nitrogens with two attached hydrogens (primary N) is 1. The smallest absolute Gasteiger partial charge is 0.258 e. The largest absolute Gasteiger partial charge is 0.399 e. The summed E-state index contributed by atoms with van der Waals surface area (Å²) >= 11 is 3.43. The Morgan fingerprint density at radius 3 is 2.65 bits per heavy atom. The molecule has 118 valence electrons. The second-order valence-corrected chi connectivity index (χ2v) is 6.41. The lowest BCUT2D eigenvalue weighted by Gasteiger charge is -2.14. The van der Waals surface area contributed by atoms with Gasteiger partial charge in [-0.25, -0.2) is 0 Å². The van der Waals surface area contributed by atoms with Crippen LogP contribution in [0, 0.1) is 0 Å². The van der Waals surface area contributed by atoms with Crippen molar-refractivity contribution >= 4 is 44.5 Å². The van der Waals surface area contributed by atoms with Crippen LogP contribution in [0.1, 0.15) is 25.3 Å². The molecule has 0 saturated carbocycles. The molecule has 1 aliphatic rings. The Labute approximate surface area is 143 Å². The van der Waals surface area contributed by atoms with E-state index in [1.165, 1.54) is 0 Å². The highest BCUT2D eigenvalue weighted by Crippen LogP contribution is 2.36. The molecule has 0 aromatic heterocycles. The van der Waals surface area contributed by atoms with Gasteiger partial charge >= 0.3 is 0 Å². The van der Waals surface area contributed by atoms with E-state index in [1.54, 1.807) is 6.07 Å². The molecule has 23 heavy (non-hydrogen) atoms. The minimum atomic E-state index is -0.0846. The Balaban J connectivity index is 2.05. The van der Waals surface area contributed by atoms with Crippen LogP contribution in [0.15, 0.2) is 52.6 Å². The Kier molecular flexibility index (Phi) is 4.39. The molecule has 1 heterocycles. The third kappa shape index (κ3) is 3.24. The fraction of sp³-hybridized carbons (Fsp3) is 0.167. The number of allylic oxidation sites excluding steroid dienone is 1. The molecule has 3 rings (SSSR count). The van der Waals surface area contributed by atoms with Gasteiger partial charge in [-0.2, -0.15) is 0 Å². The molecule has 0 unspecified atom stereocenters. The molecule has 4 nitrogen and oxygen atoms in total. The van der Waals surface area contributed by atoms with Crippen LogP contribution in [0.4, 0.5) is 17.1 Å². The van der Waals surface area contributed by atoms with Crippen molar-refractivity contribution < 1.29 is 4.79 Å². The minimum absolute atomic E-state index is 0.0846. The first-order chi connectivity index (χ1) is 11.1. The highest BCUT2D eigenvalue weighted by molar-refractivity contribution is 9.10. The normalized spacial score (nSPS) is 15.1. The number of halogens is 1. The number of carbonyl (C=O) groups is 1. The van der Waals surface area contributed by atoms with Gasteiger partial charge in [0.1, 0.15) is 0 Å². The Hall–Kier alpha value is -2.27. The molecule has 1 aliphatic heterocycles. The summed E-state index contributed by atoms with van der Waals surface area (Å²) in [6, 6.07) is 13.4. The van der Waals surface area contributed by atoms with E-state index in [2.05, 4.69) is 33.5 Å². The van der Waals surface area contributed by atoms with Crippen molar-refractivity contribution in [2.45, 2.75) is 19.8 Å². The van der Waals surface area contributed by atoms with Gasteiger partial charge in [0.05, 0.1) is 5.57 Å². The number of nitrogen functional groups attached to an aromatic ring is 1. The second-order valence-electron chi connectivity index (χ2n) is 5.49. The molecule has 0 atom stereocenters. The van der Waals surface area contributed by atoms with Crippen LogP contribution in [0.3, 0.4) is 0 Å². The number of fused-ring (bicyclic) bond motifs is 1. The van der Waals surface area contributed by atoms with Crippen LogP contribution in [0.5, 0.6) is 0 Å². The predicted octanol–water partition coefficient (Wildman–Crippen LogP) is 4.61. The van der Waals surface area contributed by atoms with Crippen LogP contribution in [-0.2, 0) is 4.79 Å². The number of anilines is 3. The number of hydrogen-bond acceptors (Lipinski definition) is 3. The maximum Gasteiger partial charge on any atom is 0.258 e. The minimum Gasteiger partial charge on any atom is -0.399 e. The van der Waals surface area contributed by atoms with Gasteiger partial charge in [-0.3, -0.25) is 4.79 Å². The quantitative estimate of drug-likeness (QED) is 0.543. The zero-order valence-electron chi connectivity index (χ0n) is 12.8. The molecule has 2 aromatic carbocycles. The molecule has 0 fully saturated rings. The van der Waals surface area contributed by atoms with Crippen LogP contribution in [0.2, 0.25) is 0 Å². The SMILES string of the molecule is CCC/C(Nc1ccc(Br)cc1)=C1/C(=O)Nc2ccc(N)cc21. The molecule has 5 heteroatoms. The molecule has 0 radical (unpaired) electrons. The number of hydrogen-bond donors (Lipinski definition) is 3. The van der Waals surface area contributed by atoms with Crippen LogP contribution in [-0.4, -0.2) is 5.91 Å². The maximum absolute atomic E-state index is 12.4. The first kappa shape index (κ1) is 15.6. The van der Waals surface area contributed by atoms with Crippen LogP contribution < -0.4 is 16.4 Å². The Bertz CT molecular complexity index is 781. The van der Waals surface area contributed by atoms with Gasteiger partial charge in [-0.1, -0.05) is 29.3 Å². The summed E-state index contributed by atoms with van der Waals surface area (Å²) in [4.78, 5) is 12.4. The first-order valence-corrected chi connectivity index (χ1v) is 8.34. The summed E-state index contributed by atoms with van der Waals surface area (Å²) in [6.07, 6.45) is 1.72. The molecular weight excluding hydrogens is 354 g/mol. The molecule has 0 saturated heterocycles. The number of nitrogens with one attached hydrogen (secondary N) is 2. The van der Waals surface area contributed by atoms with E-state index in [0.29, 0.717) is 11.3 Å². The highest BCUT2D eigenvalue weighted by Gasteiger charge is 2.27. The van der Waals surface area contributed by atoms with Crippen molar-refractivity contribution in [3.8, 4) is 0 Å². The third-order valence-electron chi connectivity index (χ3n) is 3.73. The predicted molar refractivity (Wildman–Crippen MR) is 99.1 cm³/mol. The van der Waals surface area contributed by atoms with Crippen LogP contribution >= 0.6 is 15.9 Å². The topological polar surface area (TPSA) is 67.2 Å². The van der Waals surface area contributed by atoms with E-state index in [1.807, 2.05) is 36.4 Å². The average molecular weight is 372 g/mol. The number of benzene rings is 2. The standard InChI is InChI=1S/C18H18BrN3O/c1-2-3-16(21-13-7-4-11(19)5-8-13)17-14-10-12(20)6-9-15(14)22-18(17)23/h4-10,21H,2-3,20H2,1H3,(H,22,23)/b17-16-. The third-order valence-corrected chi connectivity index (χ3v) is 4.26. The van der Waals surface area contributed by atoms with E-state index < -0.39 is 0 Å². The monoisotopic (exact) mass is 371 g/mol. The van der Waals surface area contributed by atoms with Crippen molar-refractivity contribution in [3.63, 3.8) is 0 Å². The molecule has 2 aromatic rings. The van der Waals surface area contributed by atoms with Gasteiger partial charge in [-0.05, 0) is 48.9 Å². The molecule has 4 N–H and O–H groups in total. The van der Waals surface area contributed by atoms with E-state index in [9.17, 15) is 4.79 Å². The zero-order chi connectivity index (χ0) is 16.4. The van der Waals surface area contributed by atoms with Gasteiger partial charge in [-0.15, -0.1) is 0 Å². The molecule has 0 aliphatic carbocycles. The average Bonchev–Trinajstić information content (AvgIpc) is 2.84. The van der Waals surface area contributed by atoms with Gasteiger partial charge < -0.3 is 16.4 Å². The lowest BCUT2D eigenvalue weighted by molar-refractivity contribution is -0.110. The van der Waals surface area contributed by atoms with E-state index in [4.69, 9.17) is 5.73 Å². The van der Waals surface area contributed by atoms with Crippen molar-refractivity contribution in [1.82, 2.24) is 0 Å². The fourth-order valence-corrected chi connectivity index (χ4v) is 2.96. The molecular formula is C18H18BrN3O. The maximum atomic E-state index is 12.4. The van der Waals surface area contributed by atoms with Gasteiger partial charge in [0, 0.05) is 32.8 Å². The van der Waals surface area contributed by atoms with Crippen molar-refractivity contribution in [2.75, 3.05) is 16.4 Å². The summed E-state index contributed by atoms with van der Waals surface area (Å²) < 4.78 is 1.02. The summed E-state index contributed by atoms with van der Waals surface area (Å²) in [7, 11) is 0. The Morgan fingerprint density at radius 1 is 1.22 bits per heavy atom. The van der Waals surface area contributed by atoms with Crippen molar-refractivity contribution in [3.05, 3.63) is 58.2 Å². The zero-order valence-corrected chi connectivity index (χ0v) is 14.4. The summed E-state index contributed by atoms with van der Waals surface area (Å²) in [6.45, 7) is 2.09. The molecule has 0 spiro atoms. The Morgan fingerprint density at radius 2 is 1.96 bits per heavy atom. The summed E-state index contributed by atoms with van der Waals surface area (Å²) in [5.41, 5.74) is 10.8. The highest BCUT2D eigenvalue weighted by atomic mass is 79.9. The van der Waals surface area contributed by atoms with Gasteiger partial charge in [0.15, 0.2) is 0 Å².